The Balaban J connectivity index is 2.67. The van der Waals surface area contributed by atoms with Gasteiger partial charge in [-0.25, -0.2) is 0 Å². The first kappa shape index (κ1) is 16.5. The number of nitrogens with zero attached hydrogens (tertiary/aromatic N) is 1. The third-order valence-corrected chi connectivity index (χ3v) is 3.60. The van der Waals surface area contributed by atoms with E-state index >= 15 is 0 Å². The summed E-state index contributed by atoms with van der Waals surface area (Å²) in [7, 11) is 0. The SMILES string of the molecule is CCSCCC(C)NC(=O)c1ccncc1C#CCN. The van der Waals surface area contributed by atoms with Crippen molar-refractivity contribution in [3.05, 3.63) is 29.6 Å². The van der Waals surface area contributed by atoms with Gasteiger partial charge in [0, 0.05) is 18.4 Å². The maximum Gasteiger partial charge on any atom is 0.252 e. The van der Waals surface area contributed by atoms with Crippen LogP contribution in [0.2, 0.25) is 0 Å². The second-order valence-corrected chi connectivity index (χ2v) is 5.68. The lowest BCUT2D eigenvalue weighted by Crippen LogP contribution is -2.33. The minimum atomic E-state index is -0.109. The van der Waals surface area contributed by atoms with Crippen molar-refractivity contribution in [2.75, 3.05) is 18.1 Å². The van der Waals surface area contributed by atoms with E-state index in [0.29, 0.717) is 11.1 Å². The molecule has 0 radical (unpaired) electrons. The van der Waals surface area contributed by atoms with Gasteiger partial charge in [-0.15, -0.1) is 0 Å². The Morgan fingerprint density at radius 2 is 2.40 bits per heavy atom. The van der Waals surface area contributed by atoms with E-state index in [1.165, 1.54) is 0 Å². The van der Waals surface area contributed by atoms with Gasteiger partial charge >= 0.3 is 0 Å². The van der Waals surface area contributed by atoms with Crippen molar-refractivity contribution in [1.82, 2.24) is 10.3 Å². The molecule has 108 valence electrons. The number of nitrogens with one attached hydrogen (secondary N) is 1. The summed E-state index contributed by atoms with van der Waals surface area (Å²) in [5, 5.41) is 2.99. The van der Waals surface area contributed by atoms with Crippen LogP contribution in [0.1, 0.15) is 36.2 Å². The lowest BCUT2D eigenvalue weighted by Gasteiger charge is -2.14. The number of pyridine rings is 1. The van der Waals surface area contributed by atoms with Gasteiger partial charge in [0.1, 0.15) is 0 Å². The Kier molecular flexibility index (Phi) is 7.78. The fraction of sp³-hybridized carbons (Fsp3) is 0.467. The molecule has 0 saturated carbocycles. The molecule has 3 N–H and O–H groups in total. The van der Waals surface area contributed by atoms with Crippen molar-refractivity contribution in [2.24, 2.45) is 5.73 Å². The summed E-state index contributed by atoms with van der Waals surface area (Å²) >= 11 is 1.88. The fourth-order valence-electron chi connectivity index (χ4n) is 1.62. The zero-order valence-electron chi connectivity index (χ0n) is 12.0. The van der Waals surface area contributed by atoms with Gasteiger partial charge in [-0.05, 0) is 30.9 Å². The number of rotatable bonds is 6. The highest BCUT2D eigenvalue weighted by molar-refractivity contribution is 7.99. The number of hydrogen-bond donors (Lipinski definition) is 2. The predicted octanol–water partition coefficient (Wildman–Crippen LogP) is 1.65. The molecule has 0 aliphatic heterocycles. The van der Waals surface area contributed by atoms with E-state index in [-0.39, 0.29) is 18.5 Å². The lowest BCUT2D eigenvalue weighted by molar-refractivity contribution is 0.0939. The summed E-state index contributed by atoms with van der Waals surface area (Å²) in [5.74, 6) is 7.67. The van der Waals surface area contributed by atoms with E-state index in [4.69, 9.17) is 5.73 Å². The van der Waals surface area contributed by atoms with Crippen LogP contribution in [0, 0.1) is 11.8 Å². The van der Waals surface area contributed by atoms with Gasteiger partial charge in [-0.3, -0.25) is 9.78 Å². The summed E-state index contributed by atoms with van der Waals surface area (Å²) in [4.78, 5) is 16.2. The molecule has 20 heavy (non-hydrogen) atoms. The number of carbonyl (C=O) groups is 1. The molecule has 1 aromatic heterocycles. The summed E-state index contributed by atoms with van der Waals surface area (Å²) in [6, 6.07) is 1.83. The molecule has 1 amide bonds. The number of aromatic nitrogens is 1. The van der Waals surface area contributed by atoms with Crippen LogP contribution >= 0.6 is 11.8 Å². The highest BCUT2D eigenvalue weighted by Crippen LogP contribution is 2.08. The molecule has 0 aromatic carbocycles. The number of hydrogen-bond acceptors (Lipinski definition) is 4. The van der Waals surface area contributed by atoms with Crippen LogP contribution in [-0.4, -0.2) is 35.0 Å². The Hall–Kier alpha value is -1.51. The first-order valence-electron chi connectivity index (χ1n) is 6.70. The zero-order valence-corrected chi connectivity index (χ0v) is 12.8. The molecule has 1 aromatic rings. The molecule has 1 unspecified atom stereocenters. The molecule has 1 heterocycles. The quantitative estimate of drug-likeness (QED) is 0.618. The number of nitrogens with two attached hydrogens (primary N) is 1. The maximum absolute atomic E-state index is 12.2. The maximum atomic E-state index is 12.2. The molecule has 1 rings (SSSR count). The van der Waals surface area contributed by atoms with Gasteiger partial charge in [-0.1, -0.05) is 18.8 Å². The van der Waals surface area contributed by atoms with Crippen molar-refractivity contribution >= 4 is 17.7 Å². The van der Waals surface area contributed by atoms with Crippen molar-refractivity contribution in [3.63, 3.8) is 0 Å². The minimum Gasteiger partial charge on any atom is -0.350 e. The average Bonchev–Trinajstić information content (AvgIpc) is 2.45. The van der Waals surface area contributed by atoms with Gasteiger partial charge < -0.3 is 11.1 Å². The molecule has 4 nitrogen and oxygen atoms in total. The molecular formula is C15H21N3OS. The fourth-order valence-corrected chi connectivity index (χ4v) is 2.43. The van der Waals surface area contributed by atoms with Gasteiger partial charge in [-0.2, -0.15) is 11.8 Å². The van der Waals surface area contributed by atoms with E-state index in [1.807, 2.05) is 18.7 Å². The Labute approximate surface area is 124 Å². The van der Waals surface area contributed by atoms with Crippen molar-refractivity contribution in [1.29, 1.82) is 0 Å². The zero-order chi connectivity index (χ0) is 14.8. The molecular weight excluding hydrogens is 270 g/mol. The first-order valence-corrected chi connectivity index (χ1v) is 7.86. The molecule has 1 atom stereocenters. The topological polar surface area (TPSA) is 68.0 Å². The van der Waals surface area contributed by atoms with E-state index in [2.05, 4.69) is 29.1 Å². The van der Waals surface area contributed by atoms with Crippen molar-refractivity contribution in [2.45, 2.75) is 26.3 Å². The van der Waals surface area contributed by atoms with Gasteiger partial charge in [0.05, 0.1) is 17.7 Å². The van der Waals surface area contributed by atoms with Crippen molar-refractivity contribution in [3.8, 4) is 11.8 Å². The third-order valence-electron chi connectivity index (χ3n) is 2.67. The van der Waals surface area contributed by atoms with Crippen LogP contribution < -0.4 is 11.1 Å². The standard InChI is InChI=1S/C15H21N3OS/c1-3-20-10-7-12(2)18-15(19)14-6-9-17-11-13(14)5-4-8-16/h6,9,11-12H,3,7-8,10,16H2,1-2H3,(H,18,19). The molecule has 0 fully saturated rings. The number of amides is 1. The average molecular weight is 291 g/mol. The van der Waals surface area contributed by atoms with Gasteiger partial charge in [0.15, 0.2) is 0 Å². The van der Waals surface area contributed by atoms with Crippen LogP contribution in [0.15, 0.2) is 18.5 Å². The first-order chi connectivity index (χ1) is 9.69. The lowest BCUT2D eigenvalue weighted by atomic mass is 10.1. The largest absolute Gasteiger partial charge is 0.350 e. The Bertz CT molecular complexity index is 493. The van der Waals surface area contributed by atoms with Crippen LogP contribution in [0.4, 0.5) is 0 Å². The highest BCUT2D eigenvalue weighted by atomic mass is 32.2. The molecule has 0 spiro atoms. The van der Waals surface area contributed by atoms with E-state index in [9.17, 15) is 4.79 Å². The van der Waals surface area contributed by atoms with Crippen LogP contribution in [0.5, 0.6) is 0 Å². The summed E-state index contributed by atoms with van der Waals surface area (Å²) in [6.45, 7) is 4.41. The van der Waals surface area contributed by atoms with Gasteiger partial charge in [0.25, 0.3) is 5.91 Å². The summed E-state index contributed by atoms with van der Waals surface area (Å²) in [6.07, 6.45) is 4.15. The van der Waals surface area contributed by atoms with Crippen LogP contribution in [0.25, 0.3) is 0 Å². The molecule has 0 saturated heterocycles. The van der Waals surface area contributed by atoms with Crippen molar-refractivity contribution < 1.29 is 4.79 Å². The van der Waals surface area contributed by atoms with Gasteiger partial charge in [0.2, 0.25) is 0 Å². The van der Waals surface area contributed by atoms with E-state index < -0.39 is 0 Å². The molecule has 0 aliphatic carbocycles. The predicted molar refractivity (Wildman–Crippen MR) is 84.7 cm³/mol. The highest BCUT2D eigenvalue weighted by Gasteiger charge is 2.12. The summed E-state index contributed by atoms with van der Waals surface area (Å²) < 4.78 is 0. The Morgan fingerprint density at radius 3 is 3.10 bits per heavy atom. The third kappa shape index (κ3) is 5.64. The number of carbonyl (C=O) groups excluding carboxylic acids is 1. The van der Waals surface area contributed by atoms with E-state index in [1.54, 1.807) is 18.5 Å². The molecule has 0 bridgehead atoms. The van der Waals surface area contributed by atoms with E-state index in [0.717, 1.165) is 17.9 Å². The molecule has 5 heteroatoms. The monoisotopic (exact) mass is 291 g/mol. The Morgan fingerprint density at radius 1 is 1.60 bits per heavy atom. The normalized spacial score (nSPS) is 11.3. The minimum absolute atomic E-state index is 0.109. The second-order valence-electron chi connectivity index (χ2n) is 4.29. The smallest absolute Gasteiger partial charge is 0.252 e. The van der Waals surface area contributed by atoms with Crippen LogP contribution in [-0.2, 0) is 0 Å². The van der Waals surface area contributed by atoms with Crippen LogP contribution in [0.3, 0.4) is 0 Å². The number of thioether (sulfide) groups is 1. The summed E-state index contributed by atoms with van der Waals surface area (Å²) in [5.41, 5.74) is 6.52. The molecule has 0 aliphatic rings. The second kappa shape index (κ2) is 9.40.